The van der Waals surface area contributed by atoms with Crippen LogP contribution in [0.2, 0.25) is 0 Å². The number of ether oxygens (including phenoxy) is 1. The van der Waals surface area contributed by atoms with Crippen molar-refractivity contribution in [2.24, 2.45) is 4.99 Å². The van der Waals surface area contributed by atoms with E-state index in [-0.39, 0.29) is 6.61 Å². The average molecular weight is 260 g/mol. The summed E-state index contributed by atoms with van der Waals surface area (Å²) in [6, 6.07) is 0. The Labute approximate surface area is 104 Å². The van der Waals surface area contributed by atoms with Crippen LogP contribution in [0.1, 0.15) is 0 Å². The van der Waals surface area contributed by atoms with Gasteiger partial charge in [-0.3, -0.25) is 4.99 Å². The molecule has 0 aliphatic carbocycles. The fourth-order valence-corrected chi connectivity index (χ4v) is 2.31. The standard InChI is InChI=1S/C10H16N2O4S/c1-17-12-3-6(2-11-5-12)10-9(15)8(14)7(4-13)16-10/h2-3,7-10,13-15H,4-5H2,1H3/t7-,8-,9-,10+/m1/s1. The maximum atomic E-state index is 9.86. The molecular formula is C10H16N2O4S. The number of aliphatic imine (C=N–C) groups is 1. The van der Waals surface area contributed by atoms with Crippen LogP contribution in [0.25, 0.3) is 0 Å². The van der Waals surface area contributed by atoms with Gasteiger partial charge in [-0.15, -0.1) is 0 Å². The van der Waals surface area contributed by atoms with E-state index in [1.807, 2.05) is 16.8 Å². The smallest absolute Gasteiger partial charge is 0.120 e. The van der Waals surface area contributed by atoms with E-state index >= 15 is 0 Å². The van der Waals surface area contributed by atoms with Gasteiger partial charge in [0.2, 0.25) is 0 Å². The number of aliphatic hydroxyl groups excluding tert-OH is 3. The minimum atomic E-state index is -1.07. The maximum absolute atomic E-state index is 9.86. The Kier molecular flexibility index (Phi) is 4.05. The molecule has 0 amide bonds. The van der Waals surface area contributed by atoms with Gasteiger partial charge >= 0.3 is 0 Å². The van der Waals surface area contributed by atoms with E-state index in [1.54, 1.807) is 6.21 Å². The highest BCUT2D eigenvalue weighted by Gasteiger charge is 2.43. The zero-order valence-electron chi connectivity index (χ0n) is 9.43. The Morgan fingerprint density at radius 3 is 2.88 bits per heavy atom. The Hall–Kier alpha value is -0.600. The highest BCUT2D eigenvalue weighted by atomic mass is 32.2. The highest BCUT2D eigenvalue weighted by Crippen LogP contribution is 2.27. The number of hydrogen-bond donors (Lipinski definition) is 3. The van der Waals surface area contributed by atoms with E-state index in [0.717, 1.165) is 0 Å². The van der Waals surface area contributed by atoms with E-state index in [4.69, 9.17) is 9.84 Å². The summed E-state index contributed by atoms with van der Waals surface area (Å²) >= 11 is 1.51. The van der Waals surface area contributed by atoms with Gasteiger partial charge in [0, 0.05) is 24.2 Å². The second kappa shape index (κ2) is 5.36. The molecular weight excluding hydrogens is 244 g/mol. The molecule has 17 heavy (non-hydrogen) atoms. The normalized spacial score (nSPS) is 37.4. The summed E-state index contributed by atoms with van der Waals surface area (Å²) in [5, 5.41) is 28.5. The van der Waals surface area contributed by atoms with Crippen LogP contribution in [-0.2, 0) is 4.74 Å². The van der Waals surface area contributed by atoms with E-state index in [0.29, 0.717) is 12.2 Å². The van der Waals surface area contributed by atoms with Gasteiger partial charge in [0.05, 0.1) is 6.61 Å². The minimum Gasteiger partial charge on any atom is -0.394 e. The second-order valence-corrected chi connectivity index (χ2v) is 4.77. The summed E-state index contributed by atoms with van der Waals surface area (Å²) < 4.78 is 7.31. The molecule has 4 atom stereocenters. The molecule has 2 heterocycles. The molecule has 6 nitrogen and oxygen atoms in total. The van der Waals surface area contributed by atoms with Crippen molar-refractivity contribution < 1.29 is 20.1 Å². The van der Waals surface area contributed by atoms with Crippen molar-refractivity contribution in [3.05, 3.63) is 11.8 Å². The first-order chi connectivity index (χ1) is 8.17. The molecule has 1 fully saturated rings. The molecule has 0 bridgehead atoms. The number of nitrogens with zero attached hydrogens (tertiary/aromatic N) is 2. The lowest BCUT2D eigenvalue weighted by atomic mass is 10.0. The van der Waals surface area contributed by atoms with Gasteiger partial charge in [-0.05, 0) is 0 Å². The van der Waals surface area contributed by atoms with E-state index in [1.165, 1.54) is 11.9 Å². The van der Waals surface area contributed by atoms with Crippen molar-refractivity contribution in [2.75, 3.05) is 19.5 Å². The molecule has 0 unspecified atom stereocenters. The molecule has 0 spiro atoms. The van der Waals surface area contributed by atoms with Gasteiger partial charge in [-0.25, -0.2) is 0 Å². The Morgan fingerprint density at radius 1 is 1.53 bits per heavy atom. The van der Waals surface area contributed by atoms with Crippen LogP contribution in [0, 0.1) is 0 Å². The van der Waals surface area contributed by atoms with Gasteiger partial charge in [-0.1, -0.05) is 11.9 Å². The van der Waals surface area contributed by atoms with Gasteiger partial charge in [-0.2, -0.15) is 0 Å². The van der Waals surface area contributed by atoms with Crippen molar-refractivity contribution in [2.45, 2.75) is 24.4 Å². The van der Waals surface area contributed by atoms with Crippen LogP contribution in [-0.4, -0.2) is 69.8 Å². The highest BCUT2D eigenvalue weighted by molar-refractivity contribution is 7.96. The van der Waals surface area contributed by atoms with E-state index < -0.39 is 24.4 Å². The Balaban J connectivity index is 2.13. The first-order valence-corrected chi connectivity index (χ1v) is 6.50. The third-order valence-corrected chi connectivity index (χ3v) is 3.55. The molecule has 2 aliphatic rings. The molecule has 2 aliphatic heterocycles. The monoisotopic (exact) mass is 260 g/mol. The summed E-state index contributed by atoms with van der Waals surface area (Å²) in [6.45, 7) is 0.241. The van der Waals surface area contributed by atoms with Crippen molar-refractivity contribution in [1.29, 1.82) is 0 Å². The summed E-state index contributed by atoms with van der Waals surface area (Å²) in [4.78, 5) is 4.14. The summed E-state index contributed by atoms with van der Waals surface area (Å²) in [7, 11) is 0. The third-order valence-electron chi connectivity index (χ3n) is 2.86. The molecule has 7 heteroatoms. The third kappa shape index (κ3) is 2.48. The molecule has 0 saturated carbocycles. The molecule has 2 rings (SSSR count). The fourth-order valence-electron chi connectivity index (χ4n) is 1.90. The lowest BCUT2D eigenvalue weighted by molar-refractivity contribution is -0.0132. The maximum Gasteiger partial charge on any atom is 0.120 e. The topological polar surface area (TPSA) is 85.5 Å². The molecule has 0 radical (unpaired) electrons. The summed E-state index contributed by atoms with van der Waals surface area (Å²) in [6.07, 6.45) is 1.91. The number of aliphatic hydroxyl groups is 3. The fraction of sp³-hybridized carbons (Fsp3) is 0.700. The molecule has 3 N–H and O–H groups in total. The summed E-state index contributed by atoms with van der Waals surface area (Å²) in [5.41, 5.74) is 0.702. The lowest BCUT2D eigenvalue weighted by Gasteiger charge is -2.23. The Morgan fingerprint density at radius 2 is 2.29 bits per heavy atom. The predicted molar refractivity (Wildman–Crippen MR) is 64.6 cm³/mol. The van der Waals surface area contributed by atoms with Gasteiger partial charge < -0.3 is 24.4 Å². The number of rotatable bonds is 3. The Bertz CT molecular complexity index is 336. The van der Waals surface area contributed by atoms with Crippen LogP contribution >= 0.6 is 11.9 Å². The van der Waals surface area contributed by atoms with Gasteiger partial charge in [0.15, 0.2) is 0 Å². The quantitative estimate of drug-likeness (QED) is 0.563. The molecule has 0 aromatic rings. The average Bonchev–Trinajstić information content (AvgIpc) is 2.66. The predicted octanol–water partition coefficient (Wildman–Crippen LogP) is -1.03. The van der Waals surface area contributed by atoms with Crippen LogP contribution in [0.3, 0.4) is 0 Å². The van der Waals surface area contributed by atoms with Crippen LogP contribution in [0.4, 0.5) is 0 Å². The molecule has 96 valence electrons. The van der Waals surface area contributed by atoms with Crippen molar-refractivity contribution in [1.82, 2.24) is 4.31 Å². The van der Waals surface area contributed by atoms with Gasteiger partial charge in [0.25, 0.3) is 0 Å². The summed E-state index contributed by atoms with van der Waals surface area (Å²) in [5.74, 6) is 0. The minimum absolute atomic E-state index is 0.314. The zero-order valence-corrected chi connectivity index (χ0v) is 10.2. The van der Waals surface area contributed by atoms with Crippen molar-refractivity contribution in [3.63, 3.8) is 0 Å². The van der Waals surface area contributed by atoms with E-state index in [2.05, 4.69) is 4.99 Å². The SMILES string of the molecule is CSN1C=C([C@@H]2O[C@H](CO)[C@@H](O)[C@H]2O)C=NC1. The van der Waals surface area contributed by atoms with Gasteiger partial charge in [0.1, 0.15) is 31.1 Å². The van der Waals surface area contributed by atoms with Crippen molar-refractivity contribution >= 4 is 18.2 Å². The first kappa shape index (κ1) is 12.8. The molecule has 0 aromatic carbocycles. The lowest BCUT2D eigenvalue weighted by Crippen LogP contribution is -2.35. The second-order valence-electron chi connectivity index (χ2n) is 3.94. The largest absolute Gasteiger partial charge is 0.394 e. The van der Waals surface area contributed by atoms with Crippen LogP contribution in [0.15, 0.2) is 16.8 Å². The first-order valence-electron chi connectivity index (χ1n) is 5.32. The number of hydrogen-bond acceptors (Lipinski definition) is 7. The zero-order chi connectivity index (χ0) is 12.4. The van der Waals surface area contributed by atoms with Crippen LogP contribution < -0.4 is 0 Å². The van der Waals surface area contributed by atoms with Crippen LogP contribution in [0.5, 0.6) is 0 Å². The molecule has 1 saturated heterocycles. The molecule has 0 aromatic heterocycles. The van der Waals surface area contributed by atoms with Crippen molar-refractivity contribution in [3.8, 4) is 0 Å². The van der Waals surface area contributed by atoms with E-state index in [9.17, 15) is 10.2 Å².